The van der Waals surface area contributed by atoms with Gasteiger partial charge in [-0.3, -0.25) is 0 Å². The molecule has 1 aliphatic rings. The number of ether oxygens (including phenoxy) is 2. The molecule has 4 heteroatoms. The second kappa shape index (κ2) is 5.18. The Bertz CT molecular complexity index is 344. The lowest BCUT2D eigenvalue weighted by Gasteiger charge is -2.36. The predicted octanol–water partition coefficient (Wildman–Crippen LogP) is 0.859. The van der Waals surface area contributed by atoms with Crippen molar-refractivity contribution in [1.29, 1.82) is 0 Å². The van der Waals surface area contributed by atoms with Crippen LogP contribution in [0, 0.1) is 0 Å². The summed E-state index contributed by atoms with van der Waals surface area (Å²) in [5.74, 6) is 0.875. The Morgan fingerprint density at radius 3 is 3.19 bits per heavy atom. The molecule has 1 heterocycles. The van der Waals surface area contributed by atoms with Crippen LogP contribution >= 0.6 is 0 Å². The van der Waals surface area contributed by atoms with Crippen molar-refractivity contribution in [2.75, 3.05) is 38.3 Å². The highest BCUT2D eigenvalue weighted by atomic mass is 16.5. The van der Waals surface area contributed by atoms with E-state index in [-0.39, 0.29) is 6.04 Å². The molecule has 0 spiro atoms. The number of methoxy groups -OCH3 is 1. The van der Waals surface area contributed by atoms with Crippen molar-refractivity contribution < 1.29 is 9.47 Å². The minimum absolute atomic E-state index is 0.265. The summed E-state index contributed by atoms with van der Waals surface area (Å²) < 4.78 is 10.7. The molecule has 1 aromatic carbocycles. The summed E-state index contributed by atoms with van der Waals surface area (Å²) in [6, 6.07) is 8.32. The fourth-order valence-corrected chi connectivity index (χ4v) is 1.98. The summed E-state index contributed by atoms with van der Waals surface area (Å²) in [6.45, 7) is 2.95. The van der Waals surface area contributed by atoms with Gasteiger partial charge in [-0.25, -0.2) is 0 Å². The van der Waals surface area contributed by atoms with E-state index < -0.39 is 0 Å². The molecule has 88 valence electrons. The molecule has 0 bridgehead atoms. The Balaban J connectivity index is 2.20. The fraction of sp³-hybridized carbons (Fsp3) is 0.500. The summed E-state index contributed by atoms with van der Waals surface area (Å²) in [5.41, 5.74) is 6.90. The summed E-state index contributed by atoms with van der Waals surface area (Å²) in [4.78, 5) is 2.28. The first-order valence-corrected chi connectivity index (χ1v) is 5.53. The largest absolute Gasteiger partial charge is 0.497 e. The van der Waals surface area contributed by atoms with Gasteiger partial charge in [-0.15, -0.1) is 0 Å². The molecule has 0 aromatic heterocycles. The third kappa shape index (κ3) is 2.28. The Morgan fingerprint density at radius 1 is 1.56 bits per heavy atom. The van der Waals surface area contributed by atoms with Gasteiger partial charge in [0.05, 0.1) is 26.4 Å². The maximum Gasteiger partial charge on any atom is 0.120 e. The van der Waals surface area contributed by atoms with Crippen LogP contribution in [-0.2, 0) is 4.74 Å². The van der Waals surface area contributed by atoms with E-state index in [1.54, 1.807) is 7.11 Å². The minimum atomic E-state index is 0.265. The highest BCUT2D eigenvalue weighted by Crippen LogP contribution is 2.23. The minimum Gasteiger partial charge on any atom is -0.497 e. The second-order valence-corrected chi connectivity index (χ2v) is 3.86. The van der Waals surface area contributed by atoms with Crippen molar-refractivity contribution in [3.8, 4) is 5.75 Å². The molecular formula is C12H18N2O2. The summed E-state index contributed by atoms with van der Waals surface area (Å²) >= 11 is 0. The Labute approximate surface area is 95.9 Å². The van der Waals surface area contributed by atoms with E-state index in [0.717, 1.165) is 24.6 Å². The third-order valence-electron chi connectivity index (χ3n) is 2.88. The zero-order valence-electron chi connectivity index (χ0n) is 9.56. The number of rotatable bonds is 3. The smallest absolute Gasteiger partial charge is 0.120 e. The van der Waals surface area contributed by atoms with Crippen LogP contribution in [0.25, 0.3) is 0 Å². The highest BCUT2D eigenvalue weighted by molar-refractivity contribution is 5.52. The highest BCUT2D eigenvalue weighted by Gasteiger charge is 2.21. The van der Waals surface area contributed by atoms with Crippen molar-refractivity contribution in [1.82, 2.24) is 0 Å². The van der Waals surface area contributed by atoms with E-state index in [9.17, 15) is 0 Å². The van der Waals surface area contributed by atoms with Crippen LogP contribution in [-0.4, -0.2) is 39.5 Å². The summed E-state index contributed by atoms with van der Waals surface area (Å²) in [5, 5.41) is 0. The van der Waals surface area contributed by atoms with Gasteiger partial charge < -0.3 is 20.1 Å². The standard InChI is InChI=1S/C12H18N2O2/c1-15-12-4-2-3-10(7-12)14-5-6-16-9-11(14)8-13/h2-4,7,11H,5-6,8-9,13H2,1H3. The van der Waals surface area contributed by atoms with Crippen LogP contribution in [0.3, 0.4) is 0 Å². The lowest BCUT2D eigenvalue weighted by molar-refractivity contribution is 0.0962. The van der Waals surface area contributed by atoms with Crippen molar-refractivity contribution in [2.24, 2.45) is 5.73 Å². The average molecular weight is 222 g/mol. The molecule has 4 nitrogen and oxygen atoms in total. The van der Waals surface area contributed by atoms with Gasteiger partial charge in [0.15, 0.2) is 0 Å². The number of benzene rings is 1. The van der Waals surface area contributed by atoms with Crippen LogP contribution in [0.5, 0.6) is 5.75 Å². The second-order valence-electron chi connectivity index (χ2n) is 3.86. The predicted molar refractivity (Wildman–Crippen MR) is 64.0 cm³/mol. The van der Waals surface area contributed by atoms with Gasteiger partial charge in [0.25, 0.3) is 0 Å². The quantitative estimate of drug-likeness (QED) is 0.824. The summed E-state index contributed by atoms with van der Waals surface area (Å²) in [7, 11) is 1.68. The van der Waals surface area contributed by atoms with Gasteiger partial charge in [0, 0.05) is 24.8 Å². The molecule has 1 aromatic rings. The van der Waals surface area contributed by atoms with Crippen LogP contribution in [0.4, 0.5) is 5.69 Å². The third-order valence-corrected chi connectivity index (χ3v) is 2.88. The number of nitrogens with zero attached hydrogens (tertiary/aromatic N) is 1. The molecule has 1 aliphatic heterocycles. The van der Waals surface area contributed by atoms with Gasteiger partial charge in [-0.2, -0.15) is 0 Å². The molecule has 1 saturated heterocycles. The molecule has 2 rings (SSSR count). The van der Waals surface area contributed by atoms with E-state index >= 15 is 0 Å². The van der Waals surface area contributed by atoms with Gasteiger partial charge in [-0.05, 0) is 12.1 Å². The maximum atomic E-state index is 5.75. The zero-order valence-corrected chi connectivity index (χ0v) is 9.56. The summed E-state index contributed by atoms with van der Waals surface area (Å²) in [6.07, 6.45) is 0. The van der Waals surface area contributed by atoms with E-state index in [1.807, 2.05) is 18.2 Å². The molecule has 2 N–H and O–H groups in total. The Kier molecular flexibility index (Phi) is 3.64. The maximum absolute atomic E-state index is 5.75. The topological polar surface area (TPSA) is 47.7 Å². The lowest BCUT2D eigenvalue weighted by Crippen LogP contribution is -2.49. The number of hydrogen-bond acceptors (Lipinski definition) is 4. The van der Waals surface area contributed by atoms with Crippen LogP contribution < -0.4 is 15.4 Å². The molecule has 16 heavy (non-hydrogen) atoms. The molecule has 0 aliphatic carbocycles. The fourth-order valence-electron chi connectivity index (χ4n) is 1.98. The number of morpholine rings is 1. The van der Waals surface area contributed by atoms with Gasteiger partial charge >= 0.3 is 0 Å². The molecular weight excluding hydrogens is 204 g/mol. The van der Waals surface area contributed by atoms with Crippen LogP contribution in [0.2, 0.25) is 0 Å². The molecule has 0 radical (unpaired) electrons. The molecule has 1 atom stereocenters. The number of nitrogens with two attached hydrogens (primary N) is 1. The van der Waals surface area contributed by atoms with Crippen molar-refractivity contribution in [3.63, 3.8) is 0 Å². The van der Waals surface area contributed by atoms with Gasteiger partial charge in [0.2, 0.25) is 0 Å². The molecule has 0 saturated carbocycles. The Hall–Kier alpha value is -1.26. The van der Waals surface area contributed by atoms with E-state index in [2.05, 4.69) is 11.0 Å². The SMILES string of the molecule is COc1cccc(N2CCOCC2CN)c1. The van der Waals surface area contributed by atoms with E-state index in [4.69, 9.17) is 15.2 Å². The molecule has 1 unspecified atom stereocenters. The van der Waals surface area contributed by atoms with Gasteiger partial charge in [0.1, 0.15) is 5.75 Å². The monoisotopic (exact) mass is 222 g/mol. The van der Waals surface area contributed by atoms with Crippen LogP contribution in [0.1, 0.15) is 0 Å². The van der Waals surface area contributed by atoms with Crippen molar-refractivity contribution >= 4 is 5.69 Å². The number of anilines is 1. The molecule has 1 fully saturated rings. The lowest BCUT2D eigenvalue weighted by atomic mass is 10.2. The zero-order chi connectivity index (χ0) is 11.4. The first kappa shape index (κ1) is 11.2. The normalized spacial score (nSPS) is 20.9. The first-order chi connectivity index (χ1) is 7.85. The van der Waals surface area contributed by atoms with Crippen LogP contribution in [0.15, 0.2) is 24.3 Å². The molecule has 0 amide bonds. The van der Waals surface area contributed by atoms with Crippen molar-refractivity contribution in [3.05, 3.63) is 24.3 Å². The average Bonchev–Trinajstić information content (AvgIpc) is 2.38. The number of hydrogen-bond donors (Lipinski definition) is 1. The van der Waals surface area contributed by atoms with Gasteiger partial charge in [-0.1, -0.05) is 6.07 Å². The Morgan fingerprint density at radius 2 is 2.44 bits per heavy atom. The van der Waals surface area contributed by atoms with Crippen molar-refractivity contribution in [2.45, 2.75) is 6.04 Å². The van der Waals surface area contributed by atoms with E-state index in [0.29, 0.717) is 13.2 Å². The van der Waals surface area contributed by atoms with E-state index in [1.165, 1.54) is 0 Å². The first-order valence-electron chi connectivity index (χ1n) is 5.53.